The number of nitrogens with one attached hydrogen (secondary N) is 2. The Hall–Kier alpha value is -2.70. The van der Waals surface area contributed by atoms with E-state index < -0.39 is 0 Å². The monoisotopic (exact) mass is 303 g/mol. The molecule has 0 aromatic heterocycles. The van der Waals surface area contributed by atoms with E-state index in [1.807, 2.05) is 6.92 Å². The molecular weight excluding hydrogens is 286 g/mol. The first-order valence-corrected chi connectivity index (χ1v) is 6.94. The molecule has 0 aliphatic carbocycles. The van der Waals surface area contributed by atoms with Gasteiger partial charge in [0.05, 0.1) is 0 Å². The molecule has 1 heterocycles. The van der Waals surface area contributed by atoms with Gasteiger partial charge in [-0.15, -0.1) is 0 Å². The lowest BCUT2D eigenvalue weighted by atomic mass is 10.1. The second-order valence-corrected chi connectivity index (χ2v) is 5.10. The van der Waals surface area contributed by atoms with Crippen molar-refractivity contribution in [2.24, 2.45) is 0 Å². The minimum Gasteiger partial charge on any atom is -0.331 e. The molecule has 4 amide bonds. The third kappa shape index (κ3) is 3.13. The molecule has 22 heavy (non-hydrogen) atoms. The van der Waals surface area contributed by atoms with Crippen LogP contribution in [0.25, 0.3) is 0 Å². The van der Waals surface area contributed by atoms with Crippen molar-refractivity contribution in [3.05, 3.63) is 29.3 Å². The average Bonchev–Trinajstić information content (AvgIpc) is 2.84. The molecule has 0 saturated heterocycles. The van der Waals surface area contributed by atoms with Gasteiger partial charge in [0.1, 0.15) is 0 Å². The third-order valence-corrected chi connectivity index (χ3v) is 3.75. The Morgan fingerprint density at radius 3 is 2.82 bits per heavy atom. The summed E-state index contributed by atoms with van der Waals surface area (Å²) in [6.45, 7) is 2.24. The minimum absolute atomic E-state index is 0.118. The summed E-state index contributed by atoms with van der Waals surface area (Å²) < 4.78 is 0. The molecule has 2 N–H and O–H groups in total. The van der Waals surface area contributed by atoms with Crippen molar-refractivity contribution in [1.29, 1.82) is 0 Å². The minimum atomic E-state index is -0.366. The van der Waals surface area contributed by atoms with Crippen LogP contribution in [0, 0.1) is 0 Å². The average molecular weight is 303 g/mol. The summed E-state index contributed by atoms with van der Waals surface area (Å²) in [4.78, 5) is 46.2. The van der Waals surface area contributed by atoms with Crippen LogP contribution in [0.5, 0.6) is 0 Å². The van der Waals surface area contributed by atoms with E-state index in [0.29, 0.717) is 37.0 Å². The molecule has 1 aliphatic rings. The van der Waals surface area contributed by atoms with E-state index in [4.69, 9.17) is 0 Å². The van der Waals surface area contributed by atoms with Crippen LogP contribution in [0.15, 0.2) is 18.2 Å². The number of carbonyl (C=O) groups excluding carboxylic acids is 4. The van der Waals surface area contributed by atoms with Crippen molar-refractivity contribution < 1.29 is 19.2 Å². The molecule has 7 heteroatoms. The molecule has 0 fully saturated rings. The van der Waals surface area contributed by atoms with Gasteiger partial charge in [-0.1, -0.05) is 6.07 Å². The van der Waals surface area contributed by atoms with Crippen LogP contribution < -0.4 is 10.6 Å². The standard InChI is InChI=1S/C15H17N3O4/c1-10(5-6-14(21)17-9-20)18-7-12-11(15(18)22)3-2-4-13(12)16-8-19/h2-4,8-10H,5-7H2,1H3,(H,16,19)(H,17,20,21). The van der Waals surface area contributed by atoms with E-state index in [1.165, 1.54) is 0 Å². The Labute approximate surface area is 127 Å². The number of carbonyl (C=O) groups is 4. The van der Waals surface area contributed by atoms with E-state index >= 15 is 0 Å². The zero-order valence-corrected chi connectivity index (χ0v) is 12.2. The van der Waals surface area contributed by atoms with E-state index in [1.54, 1.807) is 23.1 Å². The fourth-order valence-corrected chi connectivity index (χ4v) is 2.54. The smallest absolute Gasteiger partial charge is 0.254 e. The van der Waals surface area contributed by atoms with Gasteiger partial charge in [0.15, 0.2) is 0 Å². The van der Waals surface area contributed by atoms with Gasteiger partial charge in [0.25, 0.3) is 5.91 Å². The zero-order valence-electron chi connectivity index (χ0n) is 12.2. The van der Waals surface area contributed by atoms with E-state index in [9.17, 15) is 19.2 Å². The van der Waals surface area contributed by atoms with Crippen LogP contribution in [0.1, 0.15) is 35.7 Å². The lowest BCUT2D eigenvalue weighted by Gasteiger charge is -2.24. The SMILES string of the molecule is CC(CCC(=O)NC=O)N1Cc2c(NC=O)cccc2C1=O. The highest BCUT2D eigenvalue weighted by Gasteiger charge is 2.32. The van der Waals surface area contributed by atoms with Crippen LogP contribution in [0.2, 0.25) is 0 Å². The predicted molar refractivity (Wildman–Crippen MR) is 78.9 cm³/mol. The van der Waals surface area contributed by atoms with Crippen LogP contribution in [0.4, 0.5) is 5.69 Å². The summed E-state index contributed by atoms with van der Waals surface area (Å²) in [5.41, 5.74) is 1.97. The fourth-order valence-electron chi connectivity index (χ4n) is 2.54. The molecule has 7 nitrogen and oxygen atoms in total. The van der Waals surface area contributed by atoms with Gasteiger partial charge in [-0.05, 0) is 25.5 Å². The van der Waals surface area contributed by atoms with E-state index in [0.717, 1.165) is 5.56 Å². The lowest BCUT2D eigenvalue weighted by Crippen LogP contribution is -2.34. The Morgan fingerprint density at radius 2 is 2.14 bits per heavy atom. The van der Waals surface area contributed by atoms with Crippen LogP contribution in [0.3, 0.4) is 0 Å². The van der Waals surface area contributed by atoms with Gasteiger partial charge >= 0.3 is 0 Å². The molecule has 1 aromatic carbocycles. The number of imide groups is 1. The summed E-state index contributed by atoms with van der Waals surface area (Å²) in [7, 11) is 0. The normalized spacial score (nSPS) is 14.2. The van der Waals surface area contributed by atoms with Gasteiger partial charge in [-0.2, -0.15) is 0 Å². The third-order valence-electron chi connectivity index (χ3n) is 3.75. The van der Waals surface area contributed by atoms with Gasteiger partial charge in [-0.3, -0.25) is 24.5 Å². The summed E-state index contributed by atoms with van der Waals surface area (Å²) in [6, 6.07) is 5.03. The molecule has 1 aliphatic heterocycles. The highest BCUT2D eigenvalue weighted by Crippen LogP contribution is 2.31. The number of nitrogens with zero attached hydrogens (tertiary/aromatic N) is 1. The molecule has 1 unspecified atom stereocenters. The van der Waals surface area contributed by atoms with Crippen LogP contribution >= 0.6 is 0 Å². The molecule has 1 aromatic rings. The van der Waals surface area contributed by atoms with Crippen LogP contribution in [-0.2, 0) is 20.9 Å². The van der Waals surface area contributed by atoms with Crippen molar-refractivity contribution in [2.45, 2.75) is 32.4 Å². The van der Waals surface area contributed by atoms with Crippen molar-refractivity contribution in [3.63, 3.8) is 0 Å². The van der Waals surface area contributed by atoms with Gasteiger partial charge in [-0.25, -0.2) is 0 Å². The van der Waals surface area contributed by atoms with Gasteiger partial charge < -0.3 is 10.2 Å². The maximum absolute atomic E-state index is 12.4. The Kier molecular flexibility index (Phi) is 4.88. The predicted octanol–water partition coefficient (Wildman–Crippen LogP) is 0.652. The number of amides is 4. The Morgan fingerprint density at radius 1 is 1.36 bits per heavy atom. The molecule has 0 saturated carbocycles. The number of fused-ring (bicyclic) bond motifs is 1. The summed E-state index contributed by atoms with van der Waals surface area (Å²) >= 11 is 0. The maximum atomic E-state index is 12.4. The number of hydrogen-bond acceptors (Lipinski definition) is 4. The first kappa shape index (κ1) is 15.7. The van der Waals surface area contributed by atoms with Crippen molar-refractivity contribution >= 4 is 30.3 Å². The second-order valence-electron chi connectivity index (χ2n) is 5.10. The fraction of sp³-hybridized carbons (Fsp3) is 0.333. The van der Waals surface area contributed by atoms with E-state index in [2.05, 4.69) is 10.6 Å². The Bertz CT molecular complexity index is 615. The highest BCUT2D eigenvalue weighted by atomic mass is 16.2. The van der Waals surface area contributed by atoms with E-state index in [-0.39, 0.29) is 24.3 Å². The number of anilines is 1. The number of rotatable bonds is 7. The van der Waals surface area contributed by atoms with Gasteiger partial charge in [0, 0.05) is 35.8 Å². The second kappa shape index (κ2) is 6.84. The largest absolute Gasteiger partial charge is 0.331 e. The molecular formula is C15H17N3O4. The molecule has 116 valence electrons. The highest BCUT2D eigenvalue weighted by molar-refractivity contribution is 6.01. The topological polar surface area (TPSA) is 95.6 Å². The van der Waals surface area contributed by atoms with Crippen molar-refractivity contribution in [2.75, 3.05) is 5.32 Å². The zero-order chi connectivity index (χ0) is 16.1. The lowest BCUT2D eigenvalue weighted by molar-refractivity contribution is -0.125. The molecule has 0 spiro atoms. The quantitative estimate of drug-likeness (QED) is 0.723. The first-order valence-electron chi connectivity index (χ1n) is 6.94. The van der Waals surface area contributed by atoms with Gasteiger partial charge in [0.2, 0.25) is 18.7 Å². The summed E-state index contributed by atoms with van der Waals surface area (Å²) in [5.74, 6) is -0.484. The van der Waals surface area contributed by atoms with Crippen molar-refractivity contribution in [3.8, 4) is 0 Å². The first-order chi connectivity index (χ1) is 10.6. The molecule has 2 rings (SSSR count). The van der Waals surface area contributed by atoms with Crippen molar-refractivity contribution in [1.82, 2.24) is 10.2 Å². The maximum Gasteiger partial charge on any atom is 0.254 e. The number of hydrogen-bond donors (Lipinski definition) is 2. The summed E-state index contributed by atoms with van der Waals surface area (Å²) in [6.07, 6.45) is 1.55. The summed E-state index contributed by atoms with van der Waals surface area (Å²) in [5, 5.41) is 4.67. The molecule has 1 atom stereocenters. The number of benzene rings is 1. The molecule has 0 radical (unpaired) electrons. The molecule has 0 bridgehead atoms. The Balaban J connectivity index is 2.07. The van der Waals surface area contributed by atoms with Crippen LogP contribution in [-0.4, -0.2) is 35.6 Å².